The van der Waals surface area contributed by atoms with E-state index in [1.165, 1.54) is 94.0 Å². The molecular formula is C64H49NO2. The first-order valence-corrected chi connectivity index (χ1v) is 23.7. The van der Waals surface area contributed by atoms with Crippen LogP contribution in [0, 0.1) is 6.92 Å². The average molecular weight is 864 g/mol. The summed E-state index contributed by atoms with van der Waals surface area (Å²) in [4.78, 5) is 2.46. The van der Waals surface area contributed by atoms with E-state index in [1.807, 2.05) is 0 Å². The van der Waals surface area contributed by atoms with E-state index < -0.39 is 0 Å². The number of para-hydroxylation sites is 3. The van der Waals surface area contributed by atoms with Crippen LogP contribution in [0.1, 0.15) is 80.5 Å². The Morgan fingerprint density at radius 3 is 1.67 bits per heavy atom. The molecular weight excluding hydrogens is 815 g/mol. The molecule has 67 heavy (non-hydrogen) atoms. The molecule has 0 atom stereocenters. The van der Waals surface area contributed by atoms with E-state index in [0.717, 1.165) is 50.3 Å². The zero-order valence-electron chi connectivity index (χ0n) is 38.9. The standard InChI is InChI=1S/C64H49NO2/c1-36-16-15-17-37(30-36)45-33-53-57(60-44-21-12-14-23-55(44)67-61(45)60)42-27-25-40(32-50(42)64(53,6)7)65(38-18-9-8-10-19-38)39-24-26-41-46-34-52-47(35-51(46)63(4,5)49(41)31-39)58-48(62(52,2)3)28-29-56-59(58)43-20-11-13-22-54(43)66-56/h8-35H,1-7H3. The Morgan fingerprint density at radius 2 is 0.925 bits per heavy atom. The van der Waals surface area contributed by atoms with Gasteiger partial charge in [0.2, 0.25) is 0 Å². The Kier molecular flexibility index (Phi) is 7.52. The highest BCUT2D eigenvalue weighted by atomic mass is 16.3. The van der Waals surface area contributed by atoms with Crippen LogP contribution in [-0.2, 0) is 16.2 Å². The Morgan fingerprint density at radius 1 is 0.358 bits per heavy atom. The highest BCUT2D eigenvalue weighted by molar-refractivity contribution is 6.19. The molecule has 0 spiro atoms. The summed E-state index contributed by atoms with van der Waals surface area (Å²) in [6, 6.07) is 63.0. The number of benzene rings is 9. The third-order valence-corrected chi connectivity index (χ3v) is 16.1. The molecule has 0 amide bonds. The average Bonchev–Trinajstić information content (AvgIpc) is 4.08. The third-order valence-electron chi connectivity index (χ3n) is 16.1. The van der Waals surface area contributed by atoms with Crippen LogP contribution < -0.4 is 4.90 Å². The van der Waals surface area contributed by atoms with E-state index in [4.69, 9.17) is 8.83 Å². The molecule has 0 saturated carbocycles. The van der Waals surface area contributed by atoms with E-state index in [-0.39, 0.29) is 16.2 Å². The second kappa shape index (κ2) is 13.0. The third kappa shape index (κ3) is 5.07. The lowest BCUT2D eigenvalue weighted by Gasteiger charge is -2.29. The van der Waals surface area contributed by atoms with Crippen LogP contribution >= 0.6 is 0 Å². The van der Waals surface area contributed by atoms with E-state index in [0.29, 0.717) is 0 Å². The summed E-state index contributed by atoms with van der Waals surface area (Å²) in [5.74, 6) is 0. The van der Waals surface area contributed by atoms with Gasteiger partial charge in [0.1, 0.15) is 22.3 Å². The highest BCUT2D eigenvalue weighted by Crippen LogP contribution is 2.60. The predicted octanol–water partition coefficient (Wildman–Crippen LogP) is 17.8. The van der Waals surface area contributed by atoms with Crippen molar-refractivity contribution < 1.29 is 8.83 Å². The Balaban J connectivity index is 0.926. The maximum absolute atomic E-state index is 6.81. The van der Waals surface area contributed by atoms with Gasteiger partial charge in [-0.1, -0.05) is 144 Å². The zero-order chi connectivity index (χ0) is 45.3. The van der Waals surface area contributed by atoms with E-state index in [2.05, 4.69) is 223 Å². The molecule has 2 aromatic heterocycles. The van der Waals surface area contributed by atoms with Crippen LogP contribution in [-0.4, -0.2) is 0 Å². The summed E-state index contributed by atoms with van der Waals surface area (Å²) >= 11 is 0. The second-order valence-electron chi connectivity index (χ2n) is 20.9. The molecule has 0 N–H and O–H groups in total. The largest absolute Gasteiger partial charge is 0.456 e. The molecule has 0 unspecified atom stereocenters. The molecule has 9 aromatic carbocycles. The van der Waals surface area contributed by atoms with Gasteiger partial charge in [-0.15, -0.1) is 0 Å². The number of hydrogen-bond donors (Lipinski definition) is 0. The summed E-state index contributed by atoms with van der Waals surface area (Å²) in [5, 5.41) is 4.76. The smallest absolute Gasteiger partial charge is 0.143 e. The van der Waals surface area contributed by atoms with Crippen LogP contribution in [0.3, 0.4) is 0 Å². The van der Waals surface area contributed by atoms with Crippen molar-refractivity contribution in [1.29, 1.82) is 0 Å². The fourth-order valence-electron chi connectivity index (χ4n) is 12.7. The summed E-state index contributed by atoms with van der Waals surface area (Å²) in [7, 11) is 0. The van der Waals surface area contributed by atoms with Crippen molar-refractivity contribution >= 4 is 60.9 Å². The number of nitrogens with zero attached hydrogens (tertiary/aromatic N) is 1. The normalized spacial score (nSPS) is 15.4. The minimum absolute atomic E-state index is 0.164. The molecule has 3 aliphatic carbocycles. The Bertz CT molecular complexity index is 3970. The summed E-state index contributed by atoms with van der Waals surface area (Å²) < 4.78 is 13.3. The molecule has 3 nitrogen and oxygen atoms in total. The minimum atomic E-state index is -0.281. The summed E-state index contributed by atoms with van der Waals surface area (Å²) in [5.41, 5.74) is 26.0. The van der Waals surface area contributed by atoms with Crippen LogP contribution in [0.5, 0.6) is 0 Å². The maximum Gasteiger partial charge on any atom is 0.143 e. The molecule has 322 valence electrons. The molecule has 0 bridgehead atoms. The van der Waals surface area contributed by atoms with Gasteiger partial charge in [-0.3, -0.25) is 0 Å². The van der Waals surface area contributed by atoms with Crippen molar-refractivity contribution in [3.8, 4) is 44.5 Å². The lowest BCUT2D eigenvalue weighted by atomic mass is 9.79. The summed E-state index contributed by atoms with van der Waals surface area (Å²) in [6.45, 7) is 16.6. The number of fused-ring (bicyclic) bond motifs is 17. The van der Waals surface area contributed by atoms with Gasteiger partial charge in [0.25, 0.3) is 0 Å². The van der Waals surface area contributed by atoms with Gasteiger partial charge in [0, 0.05) is 60.4 Å². The van der Waals surface area contributed by atoms with Crippen molar-refractivity contribution in [2.75, 3.05) is 4.90 Å². The SMILES string of the molecule is Cc1cccc(-c2cc3c(c4c2oc2ccccc24)-c2ccc(N(c4ccccc4)c4ccc5c(c4)C(C)(C)c4cc6c(cc4-5)C(C)(C)c4ccc5oc7ccccc7c5c4-6)cc2C3(C)C)c1. The number of anilines is 3. The van der Waals surface area contributed by atoms with E-state index in [9.17, 15) is 0 Å². The minimum Gasteiger partial charge on any atom is -0.456 e. The maximum atomic E-state index is 6.81. The van der Waals surface area contributed by atoms with E-state index in [1.54, 1.807) is 0 Å². The van der Waals surface area contributed by atoms with Crippen LogP contribution in [0.15, 0.2) is 179 Å². The zero-order valence-corrected chi connectivity index (χ0v) is 38.9. The first kappa shape index (κ1) is 38.6. The molecule has 2 heterocycles. The topological polar surface area (TPSA) is 29.5 Å². The van der Waals surface area contributed by atoms with Crippen molar-refractivity contribution in [3.63, 3.8) is 0 Å². The van der Waals surface area contributed by atoms with Crippen molar-refractivity contribution in [1.82, 2.24) is 0 Å². The second-order valence-corrected chi connectivity index (χ2v) is 20.9. The van der Waals surface area contributed by atoms with E-state index >= 15 is 0 Å². The monoisotopic (exact) mass is 863 g/mol. The number of furan rings is 2. The lowest BCUT2D eigenvalue weighted by Crippen LogP contribution is -2.18. The van der Waals surface area contributed by atoms with Crippen LogP contribution in [0.25, 0.3) is 88.4 Å². The first-order chi connectivity index (χ1) is 32.4. The van der Waals surface area contributed by atoms with Gasteiger partial charge in [-0.05, 0) is 152 Å². The van der Waals surface area contributed by atoms with Crippen LogP contribution in [0.4, 0.5) is 17.1 Å². The molecule has 14 rings (SSSR count). The van der Waals surface area contributed by atoms with Gasteiger partial charge in [0.15, 0.2) is 0 Å². The van der Waals surface area contributed by atoms with Crippen LogP contribution in [0.2, 0.25) is 0 Å². The molecule has 0 saturated heterocycles. The van der Waals surface area contributed by atoms with Crippen molar-refractivity contribution in [3.05, 3.63) is 209 Å². The van der Waals surface area contributed by atoms with Crippen molar-refractivity contribution in [2.24, 2.45) is 0 Å². The predicted molar refractivity (Wildman–Crippen MR) is 279 cm³/mol. The van der Waals surface area contributed by atoms with Gasteiger partial charge < -0.3 is 13.7 Å². The lowest BCUT2D eigenvalue weighted by molar-refractivity contribution is 0.651. The molecule has 0 aliphatic heterocycles. The van der Waals surface area contributed by atoms with Crippen molar-refractivity contribution in [2.45, 2.75) is 64.7 Å². The number of rotatable bonds is 4. The molecule has 3 heteroatoms. The van der Waals surface area contributed by atoms with Gasteiger partial charge in [-0.2, -0.15) is 0 Å². The van der Waals surface area contributed by atoms with Gasteiger partial charge in [-0.25, -0.2) is 0 Å². The number of aryl methyl sites for hydroxylation is 1. The van der Waals surface area contributed by atoms with Gasteiger partial charge >= 0.3 is 0 Å². The summed E-state index contributed by atoms with van der Waals surface area (Å²) in [6.07, 6.45) is 0. The fraction of sp³-hybridized carbons (Fsp3) is 0.156. The fourth-order valence-corrected chi connectivity index (χ4v) is 12.7. The highest BCUT2D eigenvalue weighted by Gasteiger charge is 2.44. The molecule has 3 aliphatic rings. The molecule has 11 aromatic rings. The Labute approximate surface area is 390 Å². The Hall–Kier alpha value is -7.62. The molecule has 0 radical (unpaired) electrons. The first-order valence-electron chi connectivity index (χ1n) is 23.7. The molecule has 0 fully saturated rings. The number of hydrogen-bond acceptors (Lipinski definition) is 3. The van der Waals surface area contributed by atoms with Gasteiger partial charge in [0.05, 0.1) is 0 Å². The quantitative estimate of drug-likeness (QED) is 0.177.